The number of anilines is 1. The molecule has 0 bridgehead atoms. The predicted molar refractivity (Wildman–Crippen MR) is 65.9 cm³/mol. The second kappa shape index (κ2) is 5.80. The van der Waals surface area contributed by atoms with Crippen LogP contribution in [0.1, 0.15) is 37.6 Å². The molecule has 0 aliphatic rings. The van der Waals surface area contributed by atoms with E-state index in [1.807, 2.05) is 20.8 Å². The average Bonchev–Trinajstić information content (AvgIpc) is 2.27. The zero-order valence-electron chi connectivity index (χ0n) is 10.6. The van der Waals surface area contributed by atoms with Gasteiger partial charge in [-0.1, -0.05) is 20.8 Å². The Hall–Kier alpha value is -1.65. The number of benzene rings is 1. The third-order valence-electron chi connectivity index (χ3n) is 2.86. The molecular formula is C13H17F2NO2. The van der Waals surface area contributed by atoms with Crippen molar-refractivity contribution in [1.29, 1.82) is 0 Å². The highest BCUT2D eigenvalue weighted by Gasteiger charge is 2.18. The summed E-state index contributed by atoms with van der Waals surface area (Å²) in [4.78, 5) is 10.6. The quantitative estimate of drug-likeness (QED) is 0.848. The van der Waals surface area contributed by atoms with Crippen molar-refractivity contribution in [2.75, 3.05) is 5.32 Å². The fraction of sp³-hybridized carbons (Fsp3) is 0.462. The van der Waals surface area contributed by atoms with Gasteiger partial charge in [-0.2, -0.15) is 0 Å². The van der Waals surface area contributed by atoms with Gasteiger partial charge < -0.3 is 10.4 Å². The number of carboxylic acid groups (broad SMARTS) is 1. The van der Waals surface area contributed by atoms with Crippen molar-refractivity contribution in [3.63, 3.8) is 0 Å². The van der Waals surface area contributed by atoms with Gasteiger partial charge in [0, 0.05) is 6.04 Å². The lowest BCUT2D eigenvalue weighted by Gasteiger charge is -2.22. The van der Waals surface area contributed by atoms with E-state index in [2.05, 4.69) is 5.32 Å². The van der Waals surface area contributed by atoms with Crippen LogP contribution in [0.2, 0.25) is 0 Å². The van der Waals surface area contributed by atoms with Gasteiger partial charge in [-0.25, -0.2) is 13.6 Å². The van der Waals surface area contributed by atoms with Crippen LogP contribution in [0.15, 0.2) is 12.1 Å². The lowest BCUT2D eigenvalue weighted by molar-refractivity contribution is 0.0696. The Morgan fingerprint density at radius 2 is 1.83 bits per heavy atom. The van der Waals surface area contributed by atoms with Gasteiger partial charge in [-0.05, 0) is 24.5 Å². The van der Waals surface area contributed by atoms with E-state index in [4.69, 9.17) is 5.11 Å². The summed E-state index contributed by atoms with van der Waals surface area (Å²) >= 11 is 0. The lowest BCUT2D eigenvalue weighted by Crippen LogP contribution is -2.26. The molecule has 100 valence electrons. The topological polar surface area (TPSA) is 49.3 Å². The number of carbonyl (C=O) groups is 1. The molecule has 0 aliphatic carbocycles. The van der Waals surface area contributed by atoms with E-state index in [1.165, 1.54) is 0 Å². The first kappa shape index (κ1) is 14.4. The summed E-state index contributed by atoms with van der Waals surface area (Å²) in [6.07, 6.45) is 0.719. The number of carboxylic acids is 1. The summed E-state index contributed by atoms with van der Waals surface area (Å²) in [6, 6.07) is 1.58. The molecule has 1 atom stereocenters. The van der Waals surface area contributed by atoms with Crippen LogP contribution in [0, 0.1) is 17.6 Å². The highest BCUT2D eigenvalue weighted by molar-refractivity contribution is 5.88. The number of hydrogen-bond acceptors (Lipinski definition) is 2. The maximum atomic E-state index is 13.7. The molecule has 0 radical (unpaired) electrons. The molecule has 18 heavy (non-hydrogen) atoms. The summed E-state index contributed by atoms with van der Waals surface area (Å²) in [5, 5.41) is 11.5. The van der Waals surface area contributed by atoms with Gasteiger partial charge in [0.05, 0.1) is 5.56 Å². The Kier molecular flexibility index (Phi) is 4.64. The van der Waals surface area contributed by atoms with Crippen LogP contribution < -0.4 is 5.32 Å². The molecule has 0 aromatic heterocycles. The molecule has 0 fully saturated rings. The summed E-state index contributed by atoms with van der Waals surface area (Å²) < 4.78 is 27.3. The SMILES string of the molecule is CCC(Nc1c(F)cc(C(=O)O)cc1F)C(C)C. The minimum atomic E-state index is -1.35. The van der Waals surface area contributed by atoms with E-state index in [9.17, 15) is 13.6 Å². The third-order valence-corrected chi connectivity index (χ3v) is 2.86. The summed E-state index contributed by atoms with van der Waals surface area (Å²) in [5.41, 5.74) is -0.659. The summed E-state index contributed by atoms with van der Waals surface area (Å²) in [5.74, 6) is -2.90. The van der Waals surface area contributed by atoms with Crippen LogP contribution in [-0.4, -0.2) is 17.1 Å². The number of hydrogen-bond donors (Lipinski definition) is 2. The lowest BCUT2D eigenvalue weighted by atomic mass is 10.0. The first-order valence-electron chi connectivity index (χ1n) is 5.85. The van der Waals surface area contributed by atoms with E-state index in [0.717, 1.165) is 18.6 Å². The van der Waals surface area contributed by atoms with Gasteiger partial charge in [0.15, 0.2) is 0 Å². The molecule has 0 amide bonds. The van der Waals surface area contributed by atoms with Gasteiger partial charge in [0.2, 0.25) is 0 Å². The van der Waals surface area contributed by atoms with Crippen molar-refractivity contribution >= 4 is 11.7 Å². The second-order valence-corrected chi connectivity index (χ2v) is 4.52. The van der Waals surface area contributed by atoms with Gasteiger partial charge >= 0.3 is 5.97 Å². The average molecular weight is 257 g/mol. The minimum Gasteiger partial charge on any atom is -0.478 e. The van der Waals surface area contributed by atoms with Gasteiger partial charge in [0.1, 0.15) is 17.3 Å². The highest BCUT2D eigenvalue weighted by atomic mass is 19.1. The van der Waals surface area contributed by atoms with Crippen molar-refractivity contribution in [2.45, 2.75) is 33.2 Å². The fourth-order valence-electron chi connectivity index (χ4n) is 1.76. The summed E-state index contributed by atoms with van der Waals surface area (Å²) in [6.45, 7) is 5.81. The minimum absolute atomic E-state index is 0.0651. The van der Waals surface area contributed by atoms with Crippen LogP contribution >= 0.6 is 0 Å². The number of halogens is 2. The van der Waals surface area contributed by atoms with Crippen molar-refractivity contribution in [3.05, 3.63) is 29.3 Å². The Morgan fingerprint density at radius 1 is 1.33 bits per heavy atom. The molecule has 0 saturated heterocycles. The molecule has 0 saturated carbocycles. The van der Waals surface area contributed by atoms with Crippen molar-refractivity contribution in [2.24, 2.45) is 5.92 Å². The molecule has 0 heterocycles. The monoisotopic (exact) mass is 257 g/mol. The zero-order chi connectivity index (χ0) is 13.9. The maximum Gasteiger partial charge on any atom is 0.335 e. The number of nitrogens with one attached hydrogen (secondary N) is 1. The van der Waals surface area contributed by atoms with E-state index >= 15 is 0 Å². The Balaban J connectivity index is 3.07. The van der Waals surface area contributed by atoms with Gasteiger partial charge in [-0.15, -0.1) is 0 Å². The smallest absolute Gasteiger partial charge is 0.335 e. The zero-order valence-corrected chi connectivity index (χ0v) is 10.6. The molecular weight excluding hydrogens is 240 g/mol. The number of rotatable bonds is 5. The van der Waals surface area contributed by atoms with Gasteiger partial charge in [-0.3, -0.25) is 0 Å². The first-order valence-corrected chi connectivity index (χ1v) is 5.85. The highest BCUT2D eigenvalue weighted by Crippen LogP contribution is 2.24. The Bertz CT molecular complexity index is 424. The third kappa shape index (κ3) is 3.18. The van der Waals surface area contributed by atoms with E-state index in [1.54, 1.807) is 0 Å². The van der Waals surface area contributed by atoms with Crippen LogP contribution in [0.4, 0.5) is 14.5 Å². The largest absolute Gasteiger partial charge is 0.478 e. The van der Waals surface area contributed by atoms with E-state index < -0.39 is 23.2 Å². The molecule has 0 spiro atoms. The molecule has 5 heteroatoms. The van der Waals surface area contributed by atoms with E-state index in [-0.39, 0.29) is 17.6 Å². The predicted octanol–water partition coefficient (Wildman–Crippen LogP) is 3.51. The van der Waals surface area contributed by atoms with Crippen molar-refractivity contribution in [3.8, 4) is 0 Å². The Morgan fingerprint density at radius 3 is 2.17 bits per heavy atom. The normalized spacial score (nSPS) is 12.6. The maximum absolute atomic E-state index is 13.7. The van der Waals surface area contributed by atoms with Crippen LogP contribution in [0.25, 0.3) is 0 Å². The molecule has 1 aromatic carbocycles. The van der Waals surface area contributed by atoms with Crippen molar-refractivity contribution in [1.82, 2.24) is 0 Å². The summed E-state index contributed by atoms with van der Waals surface area (Å²) in [7, 11) is 0. The fourth-order valence-corrected chi connectivity index (χ4v) is 1.76. The van der Waals surface area contributed by atoms with E-state index in [0.29, 0.717) is 0 Å². The molecule has 2 N–H and O–H groups in total. The molecule has 1 aromatic rings. The number of aromatic carboxylic acids is 1. The van der Waals surface area contributed by atoms with Gasteiger partial charge in [0.25, 0.3) is 0 Å². The van der Waals surface area contributed by atoms with Crippen LogP contribution in [0.3, 0.4) is 0 Å². The van der Waals surface area contributed by atoms with Crippen LogP contribution in [0.5, 0.6) is 0 Å². The standard InChI is InChI=1S/C13H17F2NO2/c1-4-11(7(2)3)16-12-9(14)5-8(13(17)18)6-10(12)15/h5-7,11,16H,4H2,1-3H3,(H,17,18). The van der Waals surface area contributed by atoms with Crippen LogP contribution in [-0.2, 0) is 0 Å². The molecule has 3 nitrogen and oxygen atoms in total. The molecule has 0 aliphatic heterocycles. The van der Waals surface area contributed by atoms with Crippen molar-refractivity contribution < 1.29 is 18.7 Å². The molecule has 1 rings (SSSR count). The second-order valence-electron chi connectivity index (χ2n) is 4.52. The Labute approximate surface area is 105 Å². The molecule has 1 unspecified atom stereocenters. The first-order chi connectivity index (χ1) is 8.36.